The molecular formula is C22H26ClN3O4. The van der Waals surface area contributed by atoms with E-state index >= 15 is 0 Å². The molecule has 0 aliphatic rings. The fourth-order valence-electron chi connectivity index (χ4n) is 2.48. The number of hydrazine groups is 1. The normalized spacial score (nSPS) is 10.4. The summed E-state index contributed by atoms with van der Waals surface area (Å²) < 4.78 is 5.64. The maximum absolute atomic E-state index is 12.4. The third-order valence-electron chi connectivity index (χ3n) is 4.14. The maximum Gasteiger partial charge on any atom is 0.273 e. The molecule has 0 aliphatic carbocycles. The number of hydrogen-bond donors (Lipinski definition) is 3. The van der Waals surface area contributed by atoms with Gasteiger partial charge in [0.15, 0.2) is 0 Å². The van der Waals surface area contributed by atoms with Gasteiger partial charge in [-0.3, -0.25) is 25.2 Å². The molecule has 0 aromatic heterocycles. The van der Waals surface area contributed by atoms with Crippen molar-refractivity contribution in [1.29, 1.82) is 0 Å². The van der Waals surface area contributed by atoms with Crippen LogP contribution < -0.4 is 20.9 Å². The molecule has 2 rings (SSSR count). The summed E-state index contributed by atoms with van der Waals surface area (Å²) in [6.07, 6.45) is -0.126. The molecule has 3 amide bonds. The van der Waals surface area contributed by atoms with E-state index in [1.807, 2.05) is 13.8 Å². The van der Waals surface area contributed by atoms with E-state index in [1.54, 1.807) is 49.4 Å². The Morgan fingerprint density at radius 3 is 2.40 bits per heavy atom. The summed E-state index contributed by atoms with van der Waals surface area (Å²) in [4.78, 5) is 36.4. The number of nitrogens with one attached hydrogen (secondary N) is 3. The highest BCUT2D eigenvalue weighted by atomic mass is 35.5. The summed E-state index contributed by atoms with van der Waals surface area (Å²) in [5, 5.41) is 3.27. The first-order valence-corrected chi connectivity index (χ1v) is 10.0. The fourth-order valence-corrected chi connectivity index (χ4v) is 2.65. The topological polar surface area (TPSA) is 96.5 Å². The predicted octanol–water partition coefficient (Wildman–Crippen LogP) is 3.86. The summed E-state index contributed by atoms with van der Waals surface area (Å²) in [6, 6.07) is 12.0. The monoisotopic (exact) mass is 431 g/mol. The van der Waals surface area contributed by atoms with E-state index in [2.05, 4.69) is 16.2 Å². The quantitative estimate of drug-likeness (QED) is 0.553. The Labute approximate surface area is 181 Å². The first-order chi connectivity index (χ1) is 14.3. The minimum atomic E-state index is -0.498. The van der Waals surface area contributed by atoms with Crippen LogP contribution in [0.5, 0.6) is 5.75 Å². The molecule has 0 aliphatic heterocycles. The van der Waals surface area contributed by atoms with Crippen LogP contribution in [-0.2, 0) is 9.59 Å². The van der Waals surface area contributed by atoms with E-state index < -0.39 is 11.8 Å². The zero-order valence-electron chi connectivity index (χ0n) is 17.3. The van der Waals surface area contributed by atoms with Gasteiger partial charge in [-0.05, 0) is 42.7 Å². The molecule has 0 bridgehead atoms. The second-order valence-electron chi connectivity index (χ2n) is 7.16. The van der Waals surface area contributed by atoms with Gasteiger partial charge in [-0.15, -0.1) is 0 Å². The third kappa shape index (κ3) is 7.08. The number of halogens is 1. The highest BCUT2D eigenvalue weighted by Gasteiger charge is 2.14. The lowest BCUT2D eigenvalue weighted by molar-refractivity contribution is -0.124. The number of carbonyl (C=O) groups is 3. The second kappa shape index (κ2) is 11.2. The van der Waals surface area contributed by atoms with Gasteiger partial charge >= 0.3 is 0 Å². The summed E-state index contributed by atoms with van der Waals surface area (Å²) in [7, 11) is 0. The molecule has 0 saturated carbocycles. The van der Waals surface area contributed by atoms with Crippen molar-refractivity contribution in [3.05, 3.63) is 58.6 Å². The fraction of sp³-hybridized carbons (Fsp3) is 0.318. The molecule has 0 saturated heterocycles. The molecule has 160 valence electrons. The Hall–Kier alpha value is -3.06. The van der Waals surface area contributed by atoms with Gasteiger partial charge < -0.3 is 10.1 Å². The summed E-state index contributed by atoms with van der Waals surface area (Å²) >= 11 is 6.03. The molecular weight excluding hydrogens is 406 g/mol. The molecule has 0 heterocycles. The van der Waals surface area contributed by atoms with Gasteiger partial charge in [0.25, 0.3) is 5.91 Å². The van der Waals surface area contributed by atoms with Crippen molar-refractivity contribution in [2.45, 2.75) is 33.6 Å². The van der Waals surface area contributed by atoms with Gasteiger partial charge in [-0.1, -0.05) is 43.6 Å². The average Bonchev–Trinajstić information content (AvgIpc) is 2.72. The van der Waals surface area contributed by atoms with E-state index in [0.717, 1.165) is 5.56 Å². The van der Waals surface area contributed by atoms with Crippen molar-refractivity contribution < 1.29 is 19.1 Å². The number of benzene rings is 2. The SMILES string of the molecule is Cc1c(Cl)cccc1NC(=O)CCC(=O)NNC(=O)c1ccccc1OCC(C)C. The zero-order valence-corrected chi connectivity index (χ0v) is 18.0. The number of anilines is 1. The van der Waals surface area contributed by atoms with Gasteiger partial charge in [0, 0.05) is 23.6 Å². The molecule has 0 atom stereocenters. The highest BCUT2D eigenvalue weighted by molar-refractivity contribution is 6.31. The van der Waals surface area contributed by atoms with E-state index in [1.165, 1.54) is 0 Å². The Morgan fingerprint density at radius 2 is 1.67 bits per heavy atom. The van der Waals surface area contributed by atoms with Crippen LogP contribution in [0.1, 0.15) is 42.6 Å². The number of para-hydroxylation sites is 1. The van der Waals surface area contributed by atoms with Gasteiger partial charge in [-0.25, -0.2) is 0 Å². The molecule has 7 nitrogen and oxygen atoms in total. The van der Waals surface area contributed by atoms with Crippen molar-refractivity contribution in [1.82, 2.24) is 10.9 Å². The second-order valence-corrected chi connectivity index (χ2v) is 7.57. The molecule has 2 aromatic carbocycles. The van der Waals surface area contributed by atoms with Crippen LogP contribution in [0.2, 0.25) is 5.02 Å². The molecule has 0 fully saturated rings. The smallest absolute Gasteiger partial charge is 0.273 e. The minimum Gasteiger partial charge on any atom is -0.492 e. The average molecular weight is 432 g/mol. The third-order valence-corrected chi connectivity index (χ3v) is 4.55. The van der Waals surface area contributed by atoms with Gasteiger partial charge in [-0.2, -0.15) is 0 Å². The molecule has 3 N–H and O–H groups in total. The first kappa shape index (κ1) is 23.2. The van der Waals surface area contributed by atoms with Crippen LogP contribution in [-0.4, -0.2) is 24.3 Å². The van der Waals surface area contributed by atoms with Crippen LogP contribution >= 0.6 is 11.6 Å². The first-order valence-electron chi connectivity index (χ1n) is 9.64. The standard InChI is InChI=1S/C22H26ClN3O4/c1-14(2)13-30-19-10-5-4-7-16(19)22(29)26-25-21(28)12-11-20(27)24-18-9-6-8-17(23)15(18)3/h4-10,14H,11-13H2,1-3H3,(H,24,27)(H,25,28)(H,26,29). The van der Waals surface area contributed by atoms with Crippen LogP contribution in [0.15, 0.2) is 42.5 Å². The maximum atomic E-state index is 12.4. The lowest BCUT2D eigenvalue weighted by atomic mass is 10.2. The van der Waals surface area contributed by atoms with E-state index in [0.29, 0.717) is 34.5 Å². The van der Waals surface area contributed by atoms with Gasteiger partial charge in [0.2, 0.25) is 11.8 Å². The highest BCUT2D eigenvalue weighted by Crippen LogP contribution is 2.23. The lowest BCUT2D eigenvalue weighted by Gasteiger charge is -2.13. The Balaban J connectivity index is 1.81. The molecule has 0 radical (unpaired) electrons. The molecule has 0 unspecified atom stereocenters. The number of hydrogen-bond acceptors (Lipinski definition) is 4. The van der Waals surface area contributed by atoms with Gasteiger partial charge in [0.1, 0.15) is 5.75 Å². The summed E-state index contributed by atoms with van der Waals surface area (Å²) in [6.45, 7) is 6.28. The number of ether oxygens (including phenoxy) is 1. The number of carbonyl (C=O) groups excluding carboxylic acids is 3. The van der Waals surface area contributed by atoms with E-state index in [4.69, 9.17) is 16.3 Å². The summed E-state index contributed by atoms with van der Waals surface area (Å²) in [5.41, 5.74) is 6.33. The zero-order chi connectivity index (χ0) is 22.1. The van der Waals surface area contributed by atoms with Crippen molar-refractivity contribution in [3.8, 4) is 5.75 Å². The van der Waals surface area contributed by atoms with Gasteiger partial charge in [0.05, 0.1) is 12.2 Å². The number of rotatable bonds is 8. The van der Waals surface area contributed by atoms with Crippen LogP contribution in [0, 0.1) is 12.8 Å². The predicted molar refractivity (Wildman–Crippen MR) is 116 cm³/mol. The van der Waals surface area contributed by atoms with Crippen LogP contribution in [0.3, 0.4) is 0 Å². The Morgan fingerprint density at radius 1 is 0.967 bits per heavy atom. The molecule has 2 aromatic rings. The number of amides is 3. The van der Waals surface area contributed by atoms with Crippen LogP contribution in [0.4, 0.5) is 5.69 Å². The van der Waals surface area contributed by atoms with E-state index in [9.17, 15) is 14.4 Å². The lowest BCUT2D eigenvalue weighted by Crippen LogP contribution is -2.42. The Kier molecular flexibility index (Phi) is 8.68. The molecule has 30 heavy (non-hydrogen) atoms. The van der Waals surface area contributed by atoms with Crippen molar-refractivity contribution in [3.63, 3.8) is 0 Å². The van der Waals surface area contributed by atoms with Crippen LogP contribution in [0.25, 0.3) is 0 Å². The Bertz CT molecular complexity index is 915. The largest absolute Gasteiger partial charge is 0.492 e. The summed E-state index contributed by atoms with van der Waals surface area (Å²) in [5.74, 6) is -0.560. The van der Waals surface area contributed by atoms with Crippen molar-refractivity contribution in [2.75, 3.05) is 11.9 Å². The van der Waals surface area contributed by atoms with E-state index in [-0.39, 0.29) is 18.7 Å². The molecule has 0 spiro atoms. The van der Waals surface area contributed by atoms with Crippen molar-refractivity contribution >= 4 is 35.0 Å². The molecule has 8 heteroatoms. The van der Waals surface area contributed by atoms with Crippen molar-refractivity contribution in [2.24, 2.45) is 5.92 Å². The minimum absolute atomic E-state index is 0.0399.